The molecule has 102 valence electrons. The molecule has 2 N–H and O–H groups in total. The van der Waals surface area contributed by atoms with Gasteiger partial charge in [-0.15, -0.1) is 0 Å². The summed E-state index contributed by atoms with van der Waals surface area (Å²) in [5.74, 6) is 0.0816. The van der Waals surface area contributed by atoms with Gasteiger partial charge in [-0.1, -0.05) is 18.2 Å². The van der Waals surface area contributed by atoms with Gasteiger partial charge in [0.25, 0.3) is 0 Å². The van der Waals surface area contributed by atoms with Crippen molar-refractivity contribution in [3.05, 3.63) is 23.8 Å². The van der Waals surface area contributed by atoms with Crippen LogP contribution in [0.1, 0.15) is 47.0 Å². The van der Waals surface area contributed by atoms with Crippen molar-refractivity contribution in [3.63, 3.8) is 0 Å². The monoisotopic (exact) mass is 252 g/mol. The molecule has 18 heavy (non-hydrogen) atoms. The third kappa shape index (κ3) is 4.39. The Balaban J connectivity index is 2.65. The van der Waals surface area contributed by atoms with Crippen molar-refractivity contribution in [2.24, 2.45) is 5.92 Å². The minimum Gasteiger partial charge on any atom is -0.390 e. The summed E-state index contributed by atoms with van der Waals surface area (Å²) in [5, 5.41) is 20.0. The highest BCUT2D eigenvalue weighted by molar-refractivity contribution is 5.95. The number of hydrogen-bond acceptors (Lipinski definition) is 3. The molecular weight excluding hydrogens is 228 g/mol. The Morgan fingerprint density at radius 2 is 2.00 bits per heavy atom. The van der Waals surface area contributed by atoms with E-state index >= 15 is 0 Å². The molecule has 0 saturated carbocycles. The summed E-state index contributed by atoms with van der Waals surface area (Å²) in [5.41, 5.74) is -0.974. The molecule has 0 unspecified atom stereocenters. The van der Waals surface area contributed by atoms with Crippen LogP contribution in [0.4, 0.5) is 0 Å². The van der Waals surface area contributed by atoms with Crippen LogP contribution < -0.4 is 0 Å². The Hall–Kier alpha value is -0.930. The highest BCUT2D eigenvalue weighted by Gasteiger charge is 2.34. The fourth-order valence-electron chi connectivity index (χ4n) is 2.13. The van der Waals surface area contributed by atoms with E-state index in [0.29, 0.717) is 12.8 Å². The second-order valence-electron chi connectivity index (χ2n) is 6.06. The quantitative estimate of drug-likeness (QED) is 0.755. The zero-order chi connectivity index (χ0) is 14.0. The fraction of sp³-hybridized carbons (Fsp3) is 0.667. The predicted octanol–water partition coefficient (Wildman–Crippen LogP) is 2.38. The minimum atomic E-state index is -0.908. The molecular formula is C15H24O3. The van der Waals surface area contributed by atoms with E-state index in [-0.39, 0.29) is 11.7 Å². The second-order valence-corrected chi connectivity index (χ2v) is 6.06. The van der Waals surface area contributed by atoms with Crippen molar-refractivity contribution in [2.45, 2.75) is 58.2 Å². The van der Waals surface area contributed by atoms with E-state index in [1.54, 1.807) is 32.9 Å². The van der Waals surface area contributed by atoms with Crippen molar-refractivity contribution in [3.8, 4) is 0 Å². The lowest BCUT2D eigenvalue weighted by Crippen LogP contribution is -2.37. The smallest absolute Gasteiger partial charge is 0.158 e. The first-order valence-electron chi connectivity index (χ1n) is 6.44. The van der Waals surface area contributed by atoms with E-state index in [1.165, 1.54) is 0 Å². The maximum Gasteiger partial charge on any atom is 0.158 e. The molecule has 0 amide bonds. The summed E-state index contributed by atoms with van der Waals surface area (Å²) < 4.78 is 0. The van der Waals surface area contributed by atoms with Crippen LogP contribution in [0, 0.1) is 5.92 Å². The normalized spacial score (nSPS) is 25.1. The van der Waals surface area contributed by atoms with Gasteiger partial charge in [-0.3, -0.25) is 4.79 Å². The van der Waals surface area contributed by atoms with E-state index in [4.69, 9.17) is 0 Å². The first-order valence-corrected chi connectivity index (χ1v) is 6.44. The molecule has 3 heteroatoms. The van der Waals surface area contributed by atoms with Gasteiger partial charge in [0.15, 0.2) is 5.78 Å². The van der Waals surface area contributed by atoms with Gasteiger partial charge < -0.3 is 10.2 Å². The highest BCUT2D eigenvalue weighted by Crippen LogP contribution is 2.32. The van der Waals surface area contributed by atoms with E-state index in [9.17, 15) is 15.0 Å². The molecule has 0 spiro atoms. The second kappa shape index (κ2) is 5.37. The summed E-state index contributed by atoms with van der Waals surface area (Å²) in [6.45, 7) is 6.96. The molecule has 0 aromatic rings. The third-order valence-corrected chi connectivity index (χ3v) is 3.52. The van der Waals surface area contributed by atoms with E-state index in [0.717, 1.165) is 12.0 Å². The highest BCUT2D eigenvalue weighted by atomic mass is 16.3. The van der Waals surface area contributed by atoms with Gasteiger partial charge >= 0.3 is 0 Å². The van der Waals surface area contributed by atoms with Gasteiger partial charge in [0.1, 0.15) is 0 Å². The SMILES string of the molecule is CC1=CC[C@H]([C@](C)(O)C/C=C/C(C)(C)O)CC1=O. The largest absolute Gasteiger partial charge is 0.390 e. The minimum absolute atomic E-state index is 0.0415. The Kier molecular flexibility index (Phi) is 4.51. The maximum absolute atomic E-state index is 11.6. The molecule has 0 bridgehead atoms. The number of carbonyl (C=O) groups is 1. The number of allylic oxidation sites excluding steroid dienone is 2. The fourth-order valence-corrected chi connectivity index (χ4v) is 2.13. The maximum atomic E-state index is 11.6. The van der Waals surface area contributed by atoms with Crippen molar-refractivity contribution in [2.75, 3.05) is 0 Å². The Bertz CT molecular complexity index is 370. The van der Waals surface area contributed by atoms with E-state index < -0.39 is 11.2 Å². The lowest BCUT2D eigenvalue weighted by molar-refractivity contribution is -0.119. The topological polar surface area (TPSA) is 57.5 Å². The van der Waals surface area contributed by atoms with Crippen LogP contribution in [-0.4, -0.2) is 27.2 Å². The summed E-state index contributed by atoms with van der Waals surface area (Å²) in [7, 11) is 0. The molecule has 0 saturated heterocycles. The number of ketones is 1. The van der Waals surface area contributed by atoms with Gasteiger partial charge in [0.05, 0.1) is 11.2 Å². The molecule has 0 aromatic carbocycles. The molecule has 1 rings (SSSR count). The zero-order valence-electron chi connectivity index (χ0n) is 11.7. The molecule has 3 nitrogen and oxygen atoms in total. The standard InChI is InChI=1S/C15H24O3/c1-11-6-7-12(10-13(11)16)15(4,18)9-5-8-14(2,3)17/h5-6,8,12,17-18H,7,9-10H2,1-4H3/b8-5+/t12-,15+/m0/s1. The number of carbonyl (C=O) groups excluding carboxylic acids is 1. The molecule has 0 radical (unpaired) electrons. The number of Topliss-reactive ketones (excluding diaryl/α,β-unsaturated/α-hetero) is 1. The number of aliphatic hydroxyl groups is 2. The van der Waals surface area contributed by atoms with Crippen LogP contribution in [-0.2, 0) is 4.79 Å². The Labute approximate surface area is 109 Å². The van der Waals surface area contributed by atoms with Crippen molar-refractivity contribution in [1.82, 2.24) is 0 Å². The molecule has 1 aliphatic carbocycles. The lowest BCUT2D eigenvalue weighted by Gasteiger charge is -2.33. The van der Waals surface area contributed by atoms with Crippen LogP contribution in [0.25, 0.3) is 0 Å². The van der Waals surface area contributed by atoms with Crippen molar-refractivity contribution < 1.29 is 15.0 Å². The van der Waals surface area contributed by atoms with E-state index in [2.05, 4.69) is 0 Å². The van der Waals surface area contributed by atoms with Crippen LogP contribution in [0.3, 0.4) is 0 Å². The summed E-state index contributed by atoms with van der Waals surface area (Å²) in [6.07, 6.45) is 6.96. The van der Waals surface area contributed by atoms with E-state index in [1.807, 2.05) is 13.0 Å². The summed E-state index contributed by atoms with van der Waals surface area (Å²) in [4.78, 5) is 11.6. The van der Waals surface area contributed by atoms with Gasteiger partial charge in [0.2, 0.25) is 0 Å². The van der Waals surface area contributed by atoms with Gasteiger partial charge in [-0.2, -0.15) is 0 Å². The first-order chi connectivity index (χ1) is 8.12. The average molecular weight is 252 g/mol. The third-order valence-electron chi connectivity index (χ3n) is 3.52. The van der Waals surface area contributed by atoms with Crippen LogP contribution in [0.5, 0.6) is 0 Å². The number of rotatable bonds is 4. The molecule has 2 atom stereocenters. The van der Waals surface area contributed by atoms with Gasteiger partial charge in [-0.25, -0.2) is 0 Å². The van der Waals surface area contributed by atoms with Crippen molar-refractivity contribution in [1.29, 1.82) is 0 Å². The van der Waals surface area contributed by atoms with Crippen LogP contribution in [0.15, 0.2) is 23.8 Å². The lowest BCUT2D eigenvalue weighted by atomic mass is 9.76. The zero-order valence-corrected chi connectivity index (χ0v) is 11.7. The number of hydrogen-bond donors (Lipinski definition) is 2. The molecule has 1 aliphatic rings. The molecule has 0 aromatic heterocycles. The average Bonchev–Trinajstić information content (AvgIpc) is 2.19. The Morgan fingerprint density at radius 1 is 1.39 bits per heavy atom. The molecule has 0 fully saturated rings. The van der Waals surface area contributed by atoms with Crippen LogP contribution in [0.2, 0.25) is 0 Å². The van der Waals surface area contributed by atoms with Gasteiger partial charge in [-0.05, 0) is 52.0 Å². The Morgan fingerprint density at radius 3 is 2.50 bits per heavy atom. The van der Waals surface area contributed by atoms with Crippen molar-refractivity contribution >= 4 is 5.78 Å². The van der Waals surface area contributed by atoms with Gasteiger partial charge in [0, 0.05) is 6.42 Å². The summed E-state index contributed by atoms with van der Waals surface area (Å²) in [6, 6.07) is 0. The first kappa shape index (κ1) is 15.1. The molecule has 0 aliphatic heterocycles. The van der Waals surface area contributed by atoms with Crippen LogP contribution >= 0.6 is 0 Å². The predicted molar refractivity (Wildman–Crippen MR) is 72.2 cm³/mol. The summed E-state index contributed by atoms with van der Waals surface area (Å²) >= 11 is 0. The molecule has 0 heterocycles.